The maximum Gasteiger partial charge on any atom is 0.256 e. The summed E-state index contributed by atoms with van der Waals surface area (Å²) in [5.41, 5.74) is 6.55. The van der Waals surface area contributed by atoms with Gasteiger partial charge in [0.1, 0.15) is 5.82 Å². The number of carbonyl (C=O) groups is 2. The Hall–Kier alpha value is -2.73. The summed E-state index contributed by atoms with van der Waals surface area (Å²) in [6.45, 7) is 0. The molecule has 0 radical (unpaired) electrons. The largest absolute Gasteiger partial charge is 0.323 e. The molecule has 1 saturated carbocycles. The quantitative estimate of drug-likeness (QED) is 0.798. The minimum absolute atomic E-state index is 0.171. The third-order valence-corrected chi connectivity index (χ3v) is 4.50. The zero-order valence-corrected chi connectivity index (χ0v) is 14.0. The van der Waals surface area contributed by atoms with Crippen LogP contribution in [0.4, 0.5) is 11.5 Å². The first-order valence-electron chi connectivity index (χ1n) is 8.50. The van der Waals surface area contributed by atoms with Crippen molar-refractivity contribution in [2.24, 2.45) is 5.73 Å². The molecule has 3 rings (SSSR count). The summed E-state index contributed by atoms with van der Waals surface area (Å²) in [7, 11) is 0. The molecule has 0 saturated heterocycles. The molecule has 1 aromatic heterocycles. The van der Waals surface area contributed by atoms with Gasteiger partial charge >= 0.3 is 0 Å². The van der Waals surface area contributed by atoms with Gasteiger partial charge in [-0.15, -0.1) is 0 Å². The molecule has 25 heavy (non-hydrogen) atoms. The predicted molar refractivity (Wildman–Crippen MR) is 97.3 cm³/mol. The lowest BCUT2D eigenvalue weighted by Crippen LogP contribution is -2.52. The van der Waals surface area contributed by atoms with Crippen molar-refractivity contribution in [1.82, 2.24) is 4.98 Å². The lowest BCUT2D eigenvalue weighted by atomic mass is 9.82. The topological polar surface area (TPSA) is 97.1 Å². The number of anilines is 2. The van der Waals surface area contributed by atoms with Gasteiger partial charge in [0.15, 0.2) is 0 Å². The molecule has 6 heteroatoms. The van der Waals surface area contributed by atoms with Crippen molar-refractivity contribution < 1.29 is 9.59 Å². The van der Waals surface area contributed by atoms with E-state index in [1.807, 2.05) is 6.07 Å². The Balaban J connectivity index is 1.60. The third-order valence-electron chi connectivity index (χ3n) is 4.50. The van der Waals surface area contributed by atoms with Gasteiger partial charge < -0.3 is 16.4 Å². The fraction of sp³-hybridized carbons (Fsp3) is 0.316. The van der Waals surface area contributed by atoms with E-state index < -0.39 is 5.54 Å². The molecule has 0 unspecified atom stereocenters. The minimum atomic E-state index is -0.793. The molecule has 2 amide bonds. The summed E-state index contributed by atoms with van der Waals surface area (Å²) in [5.74, 6) is 0.0232. The first-order valence-corrected chi connectivity index (χ1v) is 8.50. The maximum absolute atomic E-state index is 12.4. The number of nitrogens with zero attached hydrogens (tertiary/aromatic N) is 1. The maximum atomic E-state index is 12.4. The Morgan fingerprint density at radius 2 is 1.68 bits per heavy atom. The number of amides is 2. The van der Waals surface area contributed by atoms with E-state index >= 15 is 0 Å². The Labute approximate surface area is 146 Å². The van der Waals surface area contributed by atoms with Gasteiger partial charge in [-0.3, -0.25) is 9.59 Å². The normalized spacial score (nSPS) is 16.0. The van der Waals surface area contributed by atoms with Crippen LogP contribution in [0.1, 0.15) is 42.5 Å². The average molecular weight is 338 g/mol. The summed E-state index contributed by atoms with van der Waals surface area (Å²) in [5, 5.41) is 5.55. The van der Waals surface area contributed by atoms with Crippen molar-refractivity contribution in [2.45, 2.75) is 37.6 Å². The lowest BCUT2D eigenvalue weighted by molar-refractivity contribution is -0.122. The van der Waals surface area contributed by atoms with E-state index in [1.165, 1.54) is 6.20 Å². The Morgan fingerprint density at radius 3 is 2.32 bits per heavy atom. The number of nitrogens with one attached hydrogen (secondary N) is 2. The van der Waals surface area contributed by atoms with Crippen LogP contribution in [0, 0.1) is 0 Å². The predicted octanol–water partition coefficient (Wildman–Crippen LogP) is 2.93. The summed E-state index contributed by atoms with van der Waals surface area (Å²) >= 11 is 0. The number of nitrogens with two attached hydrogens (primary N) is 1. The molecule has 1 aliphatic carbocycles. The summed E-state index contributed by atoms with van der Waals surface area (Å²) in [6, 6.07) is 12.3. The first kappa shape index (κ1) is 17.1. The van der Waals surface area contributed by atoms with Crippen molar-refractivity contribution in [1.29, 1.82) is 0 Å². The number of rotatable bonds is 4. The van der Waals surface area contributed by atoms with Crippen LogP contribution >= 0.6 is 0 Å². The standard InChI is InChI=1S/C19H22N4O2/c20-19(11-5-2-6-12-19)18(25)22-15-9-10-16(21-13-15)23-17(24)14-7-3-1-4-8-14/h1,3-4,7-10,13H,2,5-6,11-12,20H2,(H,22,25)(H,21,23,24). The van der Waals surface area contributed by atoms with Crippen LogP contribution < -0.4 is 16.4 Å². The number of hydrogen-bond acceptors (Lipinski definition) is 4. The zero-order valence-electron chi connectivity index (χ0n) is 14.0. The summed E-state index contributed by atoms with van der Waals surface area (Å²) in [6.07, 6.45) is 6.02. The SMILES string of the molecule is NC1(C(=O)Nc2ccc(NC(=O)c3ccccc3)nc2)CCCCC1. The second-order valence-corrected chi connectivity index (χ2v) is 6.42. The van der Waals surface area contributed by atoms with Gasteiger partial charge in [0.05, 0.1) is 17.4 Å². The van der Waals surface area contributed by atoms with E-state index in [1.54, 1.807) is 36.4 Å². The van der Waals surface area contributed by atoms with Gasteiger partial charge in [-0.25, -0.2) is 4.98 Å². The van der Waals surface area contributed by atoms with Gasteiger partial charge in [-0.2, -0.15) is 0 Å². The van der Waals surface area contributed by atoms with Crippen molar-refractivity contribution in [3.63, 3.8) is 0 Å². The smallest absolute Gasteiger partial charge is 0.256 e. The molecule has 1 heterocycles. The van der Waals surface area contributed by atoms with Crippen LogP contribution in [0.5, 0.6) is 0 Å². The van der Waals surface area contributed by atoms with Gasteiger partial charge in [0, 0.05) is 5.56 Å². The molecule has 0 aliphatic heterocycles. The van der Waals surface area contributed by atoms with Gasteiger partial charge in [0.25, 0.3) is 5.91 Å². The second-order valence-electron chi connectivity index (χ2n) is 6.42. The number of aromatic nitrogens is 1. The van der Waals surface area contributed by atoms with E-state index in [2.05, 4.69) is 15.6 Å². The number of carbonyl (C=O) groups excluding carboxylic acids is 2. The molecule has 0 spiro atoms. The van der Waals surface area contributed by atoms with Gasteiger partial charge in [0.2, 0.25) is 5.91 Å². The van der Waals surface area contributed by atoms with E-state index in [9.17, 15) is 9.59 Å². The molecule has 2 aromatic rings. The molecule has 1 aromatic carbocycles. The highest BCUT2D eigenvalue weighted by Crippen LogP contribution is 2.27. The molecule has 0 atom stereocenters. The molecular formula is C19H22N4O2. The molecule has 1 aliphatic rings. The molecule has 1 fully saturated rings. The Morgan fingerprint density at radius 1 is 0.960 bits per heavy atom. The molecule has 4 N–H and O–H groups in total. The van der Waals surface area contributed by atoms with Crippen molar-refractivity contribution in [3.8, 4) is 0 Å². The van der Waals surface area contributed by atoms with Crippen molar-refractivity contribution in [2.75, 3.05) is 10.6 Å². The van der Waals surface area contributed by atoms with Crippen LogP contribution in [0.3, 0.4) is 0 Å². The average Bonchev–Trinajstić information content (AvgIpc) is 2.64. The van der Waals surface area contributed by atoms with Crippen LogP contribution in [0.25, 0.3) is 0 Å². The molecule has 130 valence electrons. The monoisotopic (exact) mass is 338 g/mol. The van der Waals surface area contributed by atoms with Crippen molar-refractivity contribution >= 4 is 23.3 Å². The Bertz CT molecular complexity index is 738. The van der Waals surface area contributed by atoms with Crippen LogP contribution in [0.15, 0.2) is 48.7 Å². The molecule has 6 nitrogen and oxygen atoms in total. The first-order chi connectivity index (χ1) is 12.1. The van der Waals surface area contributed by atoms with Crippen molar-refractivity contribution in [3.05, 3.63) is 54.2 Å². The minimum Gasteiger partial charge on any atom is -0.323 e. The summed E-state index contributed by atoms with van der Waals surface area (Å²) in [4.78, 5) is 28.7. The van der Waals surface area contributed by atoms with Crippen LogP contribution in [-0.4, -0.2) is 22.3 Å². The fourth-order valence-corrected chi connectivity index (χ4v) is 2.99. The van der Waals surface area contributed by atoms with E-state index in [-0.39, 0.29) is 11.8 Å². The number of pyridine rings is 1. The van der Waals surface area contributed by atoms with Crippen LogP contribution in [-0.2, 0) is 4.79 Å². The van der Waals surface area contributed by atoms with Gasteiger partial charge in [-0.05, 0) is 37.1 Å². The van der Waals surface area contributed by atoms with E-state index in [0.29, 0.717) is 29.9 Å². The second kappa shape index (κ2) is 7.44. The Kier molecular flexibility index (Phi) is 5.09. The highest BCUT2D eigenvalue weighted by molar-refractivity contribution is 6.04. The molecule has 0 bridgehead atoms. The summed E-state index contributed by atoms with van der Waals surface area (Å²) < 4.78 is 0. The lowest BCUT2D eigenvalue weighted by Gasteiger charge is -2.31. The highest BCUT2D eigenvalue weighted by atomic mass is 16.2. The number of benzene rings is 1. The fourth-order valence-electron chi connectivity index (χ4n) is 2.99. The zero-order chi connectivity index (χ0) is 17.7. The highest BCUT2D eigenvalue weighted by Gasteiger charge is 2.35. The third kappa shape index (κ3) is 4.22. The number of hydrogen-bond donors (Lipinski definition) is 3. The van der Waals surface area contributed by atoms with E-state index in [4.69, 9.17) is 5.73 Å². The van der Waals surface area contributed by atoms with Crippen LogP contribution in [0.2, 0.25) is 0 Å². The van der Waals surface area contributed by atoms with E-state index in [0.717, 1.165) is 19.3 Å². The van der Waals surface area contributed by atoms with Gasteiger partial charge in [-0.1, -0.05) is 37.5 Å². The molecular weight excluding hydrogens is 316 g/mol.